The molecule has 3 rings (SSSR count). The molecule has 0 radical (unpaired) electrons. The zero-order valence-corrected chi connectivity index (χ0v) is 20.2. The first-order valence-electron chi connectivity index (χ1n) is 11.3. The number of nitrogens with one attached hydrogen (secondary N) is 2. The van der Waals surface area contributed by atoms with Crippen molar-refractivity contribution in [3.8, 4) is 0 Å². The van der Waals surface area contributed by atoms with Gasteiger partial charge in [0.15, 0.2) is 0 Å². The number of esters is 1. The molecule has 2 N–H and O–H groups in total. The van der Waals surface area contributed by atoms with Crippen molar-refractivity contribution in [1.82, 2.24) is 9.88 Å². The van der Waals surface area contributed by atoms with Gasteiger partial charge >= 0.3 is 5.97 Å². The van der Waals surface area contributed by atoms with Crippen molar-refractivity contribution >= 4 is 23.5 Å². The number of carbonyl (C=O) groups excluding carboxylic acids is 3. The van der Waals surface area contributed by atoms with E-state index in [9.17, 15) is 19.2 Å². The number of anilines is 1. The van der Waals surface area contributed by atoms with E-state index in [0.717, 1.165) is 5.56 Å². The maximum absolute atomic E-state index is 13.5. The molecule has 0 aliphatic carbocycles. The highest BCUT2D eigenvalue weighted by Crippen LogP contribution is 2.23. The summed E-state index contributed by atoms with van der Waals surface area (Å²) in [6.07, 6.45) is 0. The van der Waals surface area contributed by atoms with Gasteiger partial charge in [-0.2, -0.15) is 0 Å². The number of carbonyl (C=O) groups is 3. The molecule has 2 amide bonds. The molecule has 8 nitrogen and oxygen atoms in total. The van der Waals surface area contributed by atoms with Gasteiger partial charge in [-0.25, -0.2) is 4.79 Å². The van der Waals surface area contributed by atoms with E-state index in [1.165, 1.54) is 17.7 Å². The van der Waals surface area contributed by atoms with Crippen molar-refractivity contribution in [2.45, 2.75) is 33.4 Å². The highest BCUT2D eigenvalue weighted by Gasteiger charge is 2.30. The minimum atomic E-state index is -0.984. The van der Waals surface area contributed by atoms with Crippen LogP contribution in [0.1, 0.15) is 51.9 Å². The second kappa shape index (κ2) is 11.3. The van der Waals surface area contributed by atoms with Crippen LogP contribution in [0, 0.1) is 12.8 Å². The quantitative estimate of drug-likeness (QED) is 0.483. The van der Waals surface area contributed by atoms with Gasteiger partial charge in [-0.05, 0) is 36.6 Å². The van der Waals surface area contributed by atoms with Crippen molar-refractivity contribution < 1.29 is 19.1 Å². The minimum absolute atomic E-state index is 0.108. The van der Waals surface area contributed by atoms with E-state index in [2.05, 4.69) is 10.6 Å². The van der Waals surface area contributed by atoms with Crippen LogP contribution in [0.2, 0.25) is 0 Å². The van der Waals surface area contributed by atoms with Gasteiger partial charge < -0.3 is 15.4 Å². The molecule has 182 valence electrons. The SMILES string of the molecule is COC(=O)[C@H](C(C)C)n1c(C)c(C(=O)NCc2ccccc2)cc(NC(=O)c2ccccc2)c1=O. The number of hydrogen-bond donors (Lipinski definition) is 2. The van der Waals surface area contributed by atoms with Crippen LogP contribution in [-0.2, 0) is 16.1 Å². The summed E-state index contributed by atoms with van der Waals surface area (Å²) in [5.41, 5.74) is 1.00. The largest absolute Gasteiger partial charge is 0.467 e. The molecule has 1 aromatic heterocycles. The van der Waals surface area contributed by atoms with Gasteiger partial charge in [0.05, 0.1) is 12.7 Å². The Kier molecular flexibility index (Phi) is 8.20. The summed E-state index contributed by atoms with van der Waals surface area (Å²) in [7, 11) is 1.24. The van der Waals surface area contributed by atoms with E-state index in [4.69, 9.17) is 4.74 Å². The Morgan fingerprint density at radius 1 is 0.943 bits per heavy atom. The molecule has 8 heteroatoms. The predicted molar refractivity (Wildman–Crippen MR) is 133 cm³/mol. The van der Waals surface area contributed by atoms with Crippen LogP contribution in [0.4, 0.5) is 5.69 Å². The topological polar surface area (TPSA) is 106 Å². The van der Waals surface area contributed by atoms with Gasteiger partial charge in [0, 0.05) is 17.8 Å². The smallest absolute Gasteiger partial charge is 0.329 e. The predicted octanol–water partition coefficient (Wildman–Crippen LogP) is 3.71. The monoisotopic (exact) mass is 475 g/mol. The fourth-order valence-electron chi connectivity index (χ4n) is 3.83. The Morgan fingerprint density at radius 2 is 1.54 bits per heavy atom. The molecule has 0 fully saturated rings. The summed E-state index contributed by atoms with van der Waals surface area (Å²) in [6, 6.07) is 18.2. The van der Waals surface area contributed by atoms with Gasteiger partial charge in [0.2, 0.25) is 0 Å². The van der Waals surface area contributed by atoms with Crippen LogP contribution in [0.15, 0.2) is 71.5 Å². The first kappa shape index (κ1) is 25.4. The Labute approximate surface area is 203 Å². The average molecular weight is 476 g/mol. The number of ether oxygens (including phenoxy) is 1. The van der Waals surface area contributed by atoms with Gasteiger partial charge in [0.1, 0.15) is 11.7 Å². The molecule has 0 aliphatic heterocycles. The van der Waals surface area contributed by atoms with Crippen LogP contribution in [0.25, 0.3) is 0 Å². The fraction of sp³-hybridized carbons (Fsp3) is 0.259. The lowest BCUT2D eigenvalue weighted by Gasteiger charge is -2.25. The third kappa shape index (κ3) is 5.84. The number of methoxy groups -OCH3 is 1. The lowest BCUT2D eigenvalue weighted by molar-refractivity contribution is -0.146. The third-order valence-electron chi connectivity index (χ3n) is 5.67. The molecular weight excluding hydrogens is 446 g/mol. The molecule has 0 aliphatic rings. The Hall–Kier alpha value is -4.20. The van der Waals surface area contributed by atoms with Crippen molar-refractivity contribution in [1.29, 1.82) is 0 Å². The van der Waals surface area contributed by atoms with Crippen LogP contribution in [0.5, 0.6) is 0 Å². The first-order chi connectivity index (χ1) is 16.7. The molecule has 0 unspecified atom stereocenters. The molecule has 0 saturated carbocycles. The first-order valence-corrected chi connectivity index (χ1v) is 11.3. The minimum Gasteiger partial charge on any atom is -0.467 e. The standard InChI is InChI=1S/C27H29N3O5/c1-17(2)23(27(34)35-4)30-18(3)21(25(32)28-16-19-11-7-5-8-12-19)15-22(26(30)33)29-24(31)20-13-9-6-10-14-20/h5-15,17,23H,16H2,1-4H3,(H,28,32)(H,29,31)/t23-/m0/s1. The molecule has 1 atom stereocenters. The van der Waals surface area contributed by atoms with Crippen LogP contribution in [-0.4, -0.2) is 29.5 Å². The molecule has 0 spiro atoms. The van der Waals surface area contributed by atoms with Crippen molar-refractivity contribution in [2.24, 2.45) is 5.92 Å². The maximum Gasteiger partial charge on any atom is 0.329 e. The fourth-order valence-corrected chi connectivity index (χ4v) is 3.83. The molecule has 3 aromatic rings. The summed E-state index contributed by atoms with van der Waals surface area (Å²) in [4.78, 5) is 52.1. The zero-order chi connectivity index (χ0) is 25.5. The Balaban J connectivity index is 2.08. The van der Waals surface area contributed by atoms with E-state index in [-0.39, 0.29) is 23.7 Å². The summed E-state index contributed by atoms with van der Waals surface area (Å²) in [5, 5.41) is 5.45. The molecule has 1 heterocycles. The highest BCUT2D eigenvalue weighted by atomic mass is 16.5. The number of amides is 2. The Morgan fingerprint density at radius 3 is 2.11 bits per heavy atom. The average Bonchev–Trinajstić information content (AvgIpc) is 2.87. The van der Waals surface area contributed by atoms with E-state index in [0.29, 0.717) is 11.3 Å². The second-order valence-electron chi connectivity index (χ2n) is 8.43. The third-order valence-corrected chi connectivity index (χ3v) is 5.67. The Bertz CT molecular complexity index is 1270. The molecular formula is C27H29N3O5. The zero-order valence-electron chi connectivity index (χ0n) is 20.2. The summed E-state index contributed by atoms with van der Waals surface area (Å²) in [6.45, 7) is 5.42. The van der Waals surface area contributed by atoms with E-state index in [1.54, 1.807) is 51.1 Å². The second-order valence-corrected chi connectivity index (χ2v) is 8.43. The molecule has 35 heavy (non-hydrogen) atoms. The van der Waals surface area contributed by atoms with Crippen LogP contribution in [0.3, 0.4) is 0 Å². The van der Waals surface area contributed by atoms with E-state index >= 15 is 0 Å². The van der Waals surface area contributed by atoms with Crippen LogP contribution < -0.4 is 16.2 Å². The van der Waals surface area contributed by atoms with Gasteiger partial charge in [-0.3, -0.25) is 19.0 Å². The van der Waals surface area contributed by atoms with Crippen molar-refractivity contribution in [3.05, 3.63) is 99.5 Å². The summed E-state index contributed by atoms with van der Waals surface area (Å²) < 4.78 is 6.18. The van der Waals surface area contributed by atoms with Gasteiger partial charge in [0.25, 0.3) is 17.4 Å². The van der Waals surface area contributed by atoms with E-state index in [1.807, 2.05) is 30.3 Å². The van der Waals surface area contributed by atoms with Gasteiger partial charge in [-0.15, -0.1) is 0 Å². The number of aromatic nitrogens is 1. The summed E-state index contributed by atoms with van der Waals surface area (Å²) >= 11 is 0. The maximum atomic E-state index is 13.5. The molecule has 0 saturated heterocycles. The van der Waals surface area contributed by atoms with Crippen LogP contribution >= 0.6 is 0 Å². The van der Waals surface area contributed by atoms with Gasteiger partial charge in [-0.1, -0.05) is 62.4 Å². The summed E-state index contributed by atoms with van der Waals surface area (Å²) in [5.74, 6) is -1.89. The number of hydrogen-bond acceptors (Lipinski definition) is 5. The van der Waals surface area contributed by atoms with Crippen molar-refractivity contribution in [3.63, 3.8) is 0 Å². The highest BCUT2D eigenvalue weighted by molar-refractivity contribution is 6.05. The number of nitrogens with zero attached hydrogens (tertiary/aromatic N) is 1. The van der Waals surface area contributed by atoms with Crippen molar-refractivity contribution in [2.75, 3.05) is 12.4 Å². The number of benzene rings is 2. The lowest BCUT2D eigenvalue weighted by atomic mass is 10.0. The molecule has 0 bridgehead atoms. The van der Waals surface area contributed by atoms with E-state index < -0.39 is 29.4 Å². The number of pyridine rings is 1. The lowest BCUT2D eigenvalue weighted by Crippen LogP contribution is -2.39. The number of rotatable bonds is 8. The normalized spacial score (nSPS) is 11.6. The molecule has 2 aromatic carbocycles.